The predicted molar refractivity (Wildman–Crippen MR) is 97.9 cm³/mol. The van der Waals surface area contributed by atoms with Gasteiger partial charge in [0.05, 0.1) is 6.10 Å². The maximum absolute atomic E-state index is 12.6. The van der Waals surface area contributed by atoms with Gasteiger partial charge in [0.15, 0.2) is 0 Å². The van der Waals surface area contributed by atoms with Gasteiger partial charge in [-0.2, -0.15) is 0 Å². The summed E-state index contributed by atoms with van der Waals surface area (Å²) < 4.78 is 0. The van der Waals surface area contributed by atoms with Gasteiger partial charge in [-0.15, -0.1) is 0 Å². The van der Waals surface area contributed by atoms with Gasteiger partial charge in [-0.3, -0.25) is 9.69 Å². The van der Waals surface area contributed by atoms with Crippen LogP contribution in [0.5, 0.6) is 0 Å². The normalized spacial score (nSPS) is 23.5. The van der Waals surface area contributed by atoms with E-state index in [0.29, 0.717) is 13.1 Å². The predicted octanol–water partition coefficient (Wildman–Crippen LogP) is 1.76. The van der Waals surface area contributed by atoms with Crippen LogP contribution in [0.4, 0.5) is 0 Å². The Bertz CT molecular complexity index is 816. The summed E-state index contributed by atoms with van der Waals surface area (Å²) in [5, 5.41) is 10.9. The third-order valence-electron chi connectivity index (χ3n) is 5.32. The van der Waals surface area contributed by atoms with Crippen LogP contribution in [0.1, 0.15) is 28.0 Å². The quantitative estimate of drug-likeness (QED) is 0.813. The molecule has 0 bridgehead atoms. The highest BCUT2D eigenvalue weighted by Gasteiger charge is 2.35. The summed E-state index contributed by atoms with van der Waals surface area (Å²) in [6, 6.07) is 10.0. The number of nitrogens with zero attached hydrogens (tertiary/aromatic N) is 4. The van der Waals surface area contributed by atoms with Gasteiger partial charge in [-0.1, -0.05) is 35.9 Å². The Morgan fingerprint density at radius 3 is 2.77 bits per heavy atom. The molecule has 2 aliphatic rings. The molecule has 4 rings (SSSR count). The smallest absolute Gasteiger partial charge is 0.272 e. The number of β-amino-alcohol motifs (C(OH)–C–C–N with tert-alkyl or cyclic N) is 1. The standard InChI is InChI=1S/C19H21ClN4O2/c20-18-9-15(21-12-22-18)19(26)24-8-6-16(17(25)11-24)23-7-5-13-3-1-2-4-14(13)10-23/h1-4,9,12,16-17,25H,5-8,10-11H2/t16?,17-/m0/s1. The molecule has 7 heteroatoms. The van der Waals surface area contributed by atoms with Gasteiger partial charge in [0.1, 0.15) is 17.2 Å². The van der Waals surface area contributed by atoms with Crippen molar-refractivity contribution in [2.45, 2.75) is 31.5 Å². The Hall–Kier alpha value is -2.02. The highest BCUT2D eigenvalue weighted by molar-refractivity contribution is 6.29. The summed E-state index contributed by atoms with van der Waals surface area (Å²) in [5.74, 6) is -0.212. The number of aromatic nitrogens is 2. The van der Waals surface area contributed by atoms with E-state index in [-0.39, 0.29) is 22.8 Å². The first-order chi connectivity index (χ1) is 12.6. The summed E-state index contributed by atoms with van der Waals surface area (Å²) in [5.41, 5.74) is 2.99. The largest absolute Gasteiger partial charge is 0.390 e. The molecule has 0 spiro atoms. The number of carbonyl (C=O) groups excluding carboxylic acids is 1. The number of aliphatic hydroxyl groups excluding tert-OH is 1. The first-order valence-corrected chi connectivity index (χ1v) is 9.25. The van der Waals surface area contributed by atoms with E-state index in [0.717, 1.165) is 25.9 Å². The fourth-order valence-corrected chi connectivity index (χ4v) is 4.09. The fourth-order valence-electron chi connectivity index (χ4n) is 3.94. The topological polar surface area (TPSA) is 69.6 Å². The molecule has 1 aromatic carbocycles. The van der Waals surface area contributed by atoms with Crippen molar-refractivity contribution in [3.05, 3.63) is 58.6 Å². The van der Waals surface area contributed by atoms with Crippen LogP contribution in [0.2, 0.25) is 5.15 Å². The molecule has 1 N–H and O–H groups in total. The van der Waals surface area contributed by atoms with E-state index in [4.69, 9.17) is 11.6 Å². The van der Waals surface area contributed by atoms with Crippen molar-refractivity contribution in [3.8, 4) is 0 Å². The molecular weight excluding hydrogens is 352 g/mol. The second kappa shape index (κ2) is 7.31. The van der Waals surface area contributed by atoms with Crippen molar-refractivity contribution < 1.29 is 9.90 Å². The highest BCUT2D eigenvalue weighted by Crippen LogP contribution is 2.25. The average molecular weight is 373 g/mol. The average Bonchev–Trinajstić information content (AvgIpc) is 2.67. The van der Waals surface area contributed by atoms with Gasteiger partial charge >= 0.3 is 0 Å². The lowest BCUT2D eigenvalue weighted by atomic mass is 9.94. The van der Waals surface area contributed by atoms with E-state index >= 15 is 0 Å². The van der Waals surface area contributed by atoms with E-state index in [2.05, 4.69) is 39.1 Å². The van der Waals surface area contributed by atoms with Crippen LogP contribution in [0, 0.1) is 0 Å². The van der Waals surface area contributed by atoms with Crippen molar-refractivity contribution in [1.82, 2.24) is 19.8 Å². The molecule has 0 radical (unpaired) electrons. The monoisotopic (exact) mass is 372 g/mol. The minimum Gasteiger partial charge on any atom is -0.390 e. The molecule has 1 amide bonds. The van der Waals surface area contributed by atoms with Crippen molar-refractivity contribution in [2.75, 3.05) is 19.6 Å². The molecule has 3 heterocycles. The number of aliphatic hydroxyl groups is 1. The van der Waals surface area contributed by atoms with Crippen molar-refractivity contribution in [2.24, 2.45) is 0 Å². The number of likely N-dealkylation sites (tertiary alicyclic amines) is 1. The van der Waals surface area contributed by atoms with Crippen LogP contribution in [0.3, 0.4) is 0 Å². The third kappa shape index (κ3) is 3.45. The summed E-state index contributed by atoms with van der Waals surface area (Å²) in [7, 11) is 0. The number of fused-ring (bicyclic) bond motifs is 1. The lowest BCUT2D eigenvalue weighted by Crippen LogP contribution is -2.56. The molecule has 1 unspecified atom stereocenters. The van der Waals surface area contributed by atoms with E-state index in [9.17, 15) is 9.90 Å². The minimum absolute atomic E-state index is 0.0707. The second-order valence-electron chi connectivity index (χ2n) is 6.89. The summed E-state index contributed by atoms with van der Waals surface area (Å²) in [4.78, 5) is 24.4. The number of carbonyl (C=O) groups is 1. The Balaban J connectivity index is 1.42. The maximum Gasteiger partial charge on any atom is 0.272 e. The molecule has 2 aliphatic heterocycles. The molecule has 1 saturated heterocycles. The van der Waals surface area contributed by atoms with Crippen LogP contribution in [-0.4, -0.2) is 62.6 Å². The molecule has 2 aromatic rings. The van der Waals surface area contributed by atoms with Gasteiger partial charge in [-0.05, 0) is 24.0 Å². The number of hydrogen-bond donors (Lipinski definition) is 1. The molecule has 1 fully saturated rings. The van der Waals surface area contributed by atoms with Crippen LogP contribution in [0.15, 0.2) is 36.7 Å². The number of halogens is 1. The molecule has 0 aliphatic carbocycles. The van der Waals surface area contributed by atoms with E-state index in [1.807, 2.05) is 0 Å². The second-order valence-corrected chi connectivity index (χ2v) is 7.28. The molecule has 26 heavy (non-hydrogen) atoms. The molecule has 0 saturated carbocycles. The van der Waals surface area contributed by atoms with Gasteiger partial charge in [0.25, 0.3) is 5.91 Å². The lowest BCUT2D eigenvalue weighted by molar-refractivity contribution is -0.0139. The number of amides is 1. The van der Waals surface area contributed by atoms with Gasteiger partial charge < -0.3 is 10.0 Å². The van der Waals surface area contributed by atoms with Gasteiger partial charge in [-0.25, -0.2) is 9.97 Å². The first-order valence-electron chi connectivity index (χ1n) is 8.87. The van der Waals surface area contributed by atoms with Crippen molar-refractivity contribution in [3.63, 3.8) is 0 Å². The maximum atomic E-state index is 12.6. The first kappa shape index (κ1) is 17.4. The zero-order chi connectivity index (χ0) is 18.1. The molecule has 2 atom stereocenters. The van der Waals surface area contributed by atoms with E-state index in [1.54, 1.807) is 4.90 Å². The van der Waals surface area contributed by atoms with Gasteiger partial charge in [0, 0.05) is 38.3 Å². The lowest BCUT2D eigenvalue weighted by Gasteiger charge is -2.43. The summed E-state index contributed by atoms with van der Waals surface area (Å²) >= 11 is 5.84. The van der Waals surface area contributed by atoms with Crippen molar-refractivity contribution in [1.29, 1.82) is 0 Å². The fraction of sp³-hybridized carbons (Fsp3) is 0.421. The zero-order valence-electron chi connectivity index (χ0n) is 14.4. The van der Waals surface area contributed by atoms with E-state index < -0.39 is 6.10 Å². The Morgan fingerprint density at radius 2 is 2.00 bits per heavy atom. The van der Waals surface area contributed by atoms with Crippen LogP contribution in [0.25, 0.3) is 0 Å². The molecular formula is C19H21ClN4O2. The molecule has 1 aromatic heterocycles. The SMILES string of the molecule is O=C(c1cc(Cl)ncn1)N1CCC(N2CCc3ccccc3C2)[C@@H](O)C1. The van der Waals surface area contributed by atoms with Crippen LogP contribution in [-0.2, 0) is 13.0 Å². The summed E-state index contributed by atoms with van der Waals surface area (Å²) in [6.45, 7) is 2.70. The Kier molecular flexibility index (Phi) is 4.89. The van der Waals surface area contributed by atoms with Crippen LogP contribution < -0.4 is 0 Å². The Labute approximate surface area is 157 Å². The highest BCUT2D eigenvalue weighted by atomic mass is 35.5. The zero-order valence-corrected chi connectivity index (χ0v) is 15.1. The van der Waals surface area contributed by atoms with E-state index in [1.165, 1.54) is 23.5 Å². The number of piperidine rings is 1. The third-order valence-corrected chi connectivity index (χ3v) is 5.52. The van der Waals surface area contributed by atoms with Crippen molar-refractivity contribution >= 4 is 17.5 Å². The number of benzene rings is 1. The number of hydrogen-bond acceptors (Lipinski definition) is 5. The number of rotatable bonds is 2. The molecule has 6 nitrogen and oxygen atoms in total. The van der Waals surface area contributed by atoms with Crippen LogP contribution >= 0.6 is 11.6 Å². The molecule has 136 valence electrons. The van der Waals surface area contributed by atoms with Gasteiger partial charge in [0.2, 0.25) is 0 Å². The minimum atomic E-state index is -0.574. The Morgan fingerprint density at radius 1 is 1.19 bits per heavy atom. The summed E-state index contributed by atoms with van der Waals surface area (Å²) in [6.07, 6.45) is 2.45.